The van der Waals surface area contributed by atoms with Crippen molar-refractivity contribution in [2.45, 2.75) is 58.2 Å². The van der Waals surface area contributed by atoms with E-state index in [1.165, 1.54) is 35.2 Å². The molecule has 1 aliphatic heterocycles. The molecule has 0 bridgehead atoms. The van der Waals surface area contributed by atoms with E-state index in [9.17, 15) is 0 Å². The smallest absolute Gasteiger partial charge is 0.0346 e. The van der Waals surface area contributed by atoms with E-state index in [1.807, 2.05) is 11.3 Å². The van der Waals surface area contributed by atoms with E-state index in [0.29, 0.717) is 11.6 Å². The highest BCUT2D eigenvalue weighted by Crippen LogP contribution is 2.45. The Morgan fingerprint density at radius 1 is 1.48 bits per heavy atom. The van der Waals surface area contributed by atoms with Gasteiger partial charge in [-0.2, -0.15) is 0 Å². The van der Waals surface area contributed by atoms with E-state index in [2.05, 4.69) is 58.4 Å². The van der Waals surface area contributed by atoms with Crippen molar-refractivity contribution in [3.8, 4) is 0 Å². The van der Waals surface area contributed by atoms with Crippen LogP contribution >= 0.6 is 27.3 Å². The predicted molar refractivity (Wildman–Crippen MR) is 94.8 cm³/mol. The molecule has 2 unspecified atom stereocenters. The van der Waals surface area contributed by atoms with Crippen LogP contribution in [0.1, 0.15) is 44.9 Å². The highest BCUT2D eigenvalue weighted by molar-refractivity contribution is 9.10. The zero-order chi connectivity index (χ0) is 15.0. The fraction of sp³-hybridized carbons (Fsp3) is 0.765. The number of nitrogens with zero attached hydrogens (tertiary/aromatic N) is 1. The Hall–Kier alpha value is 0.1000. The second kappa shape index (κ2) is 6.31. The third-order valence-electron chi connectivity index (χ3n) is 5.15. The summed E-state index contributed by atoms with van der Waals surface area (Å²) >= 11 is 5.59. The van der Waals surface area contributed by atoms with Gasteiger partial charge in [0.15, 0.2) is 0 Å². The van der Waals surface area contributed by atoms with Crippen LogP contribution in [0.4, 0.5) is 0 Å². The van der Waals surface area contributed by atoms with Gasteiger partial charge in [-0.15, -0.1) is 11.3 Å². The third kappa shape index (κ3) is 3.54. The Kier molecular flexibility index (Phi) is 4.80. The quantitative estimate of drug-likeness (QED) is 0.820. The van der Waals surface area contributed by atoms with Crippen LogP contribution in [0.25, 0.3) is 0 Å². The highest BCUT2D eigenvalue weighted by atomic mass is 79.9. The molecular formula is C17H27BrN2S. The van der Waals surface area contributed by atoms with Crippen molar-refractivity contribution >= 4 is 27.3 Å². The summed E-state index contributed by atoms with van der Waals surface area (Å²) in [5.74, 6) is 1.66. The SMILES string of the molecule is CC(C)CC1CN(Cc2sccc2Br)C(C)(C2CC2)CN1. The normalized spacial score (nSPS) is 31.0. The molecule has 0 amide bonds. The van der Waals surface area contributed by atoms with Gasteiger partial charge in [0.2, 0.25) is 0 Å². The van der Waals surface area contributed by atoms with Crippen molar-refractivity contribution in [3.63, 3.8) is 0 Å². The summed E-state index contributed by atoms with van der Waals surface area (Å²) in [4.78, 5) is 4.25. The van der Waals surface area contributed by atoms with Crippen LogP contribution in [-0.2, 0) is 6.54 Å². The molecule has 1 aromatic rings. The average Bonchev–Trinajstić information content (AvgIpc) is 3.20. The van der Waals surface area contributed by atoms with Crippen LogP contribution in [0.2, 0.25) is 0 Å². The van der Waals surface area contributed by atoms with Crippen LogP contribution in [-0.4, -0.2) is 29.6 Å². The minimum Gasteiger partial charge on any atom is -0.311 e. The number of hydrogen-bond acceptors (Lipinski definition) is 3. The van der Waals surface area contributed by atoms with Crippen molar-refractivity contribution in [1.29, 1.82) is 0 Å². The number of piperazine rings is 1. The summed E-state index contributed by atoms with van der Waals surface area (Å²) in [6.07, 6.45) is 4.10. The van der Waals surface area contributed by atoms with Crippen LogP contribution in [0.5, 0.6) is 0 Å². The van der Waals surface area contributed by atoms with Gasteiger partial charge < -0.3 is 5.32 Å². The van der Waals surface area contributed by atoms with E-state index < -0.39 is 0 Å². The van der Waals surface area contributed by atoms with Gasteiger partial charge in [0, 0.05) is 40.6 Å². The summed E-state index contributed by atoms with van der Waals surface area (Å²) in [6, 6.07) is 2.83. The summed E-state index contributed by atoms with van der Waals surface area (Å²) in [6.45, 7) is 10.6. The van der Waals surface area contributed by atoms with Crippen molar-refractivity contribution in [1.82, 2.24) is 10.2 Å². The van der Waals surface area contributed by atoms with Crippen molar-refractivity contribution in [2.24, 2.45) is 11.8 Å². The van der Waals surface area contributed by atoms with E-state index in [1.54, 1.807) is 0 Å². The molecule has 1 aliphatic carbocycles. The van der Waals surface area contributed by atoms with Crippen LogP contribution < -0.4 is 5.32 Å². The lowest BCUT2D eigenvalue weighted by Gasteiger charge is -2.49. The van der Waals surface area contributed by atoms with Gasteiger partial charge in [-0.1, -0.05) is 13.8 Å². The molecule has 0 spiro atoms. The molecule has 2 nitrogen and oxygen atoms in total. The molecule has 2 atom stereocenters. The number of nitrogens with one attached hydrogen (secondary N) is 1. The lowest BCUT2D eigenvalue weighted by atomic mass is 9.88. The maximum atomic E-state index is 3.84. The second-order valence-electron chi connectivity index (χ2n) is 7.41. The van der Waals surface area contributed by atoms with Gasteiger partial charge in [-0.05, 0) is 65.4 Å². The molecule has 0 radical (unpaired) electrons. The van der Waals surface area contributed by atoms with Crippen molar-refractivity contribution < 1.29 is 0 Å². The standard InChI is InChI=1S/C17H27BrN2S/c1-12(2)8-14-9-20(10-16-15(18)6-7-21-16)17(3,11-19-14)13-4-5-13/h6-7,12-14,19H,4-5,8-11H2,1-3H3. The molecule has 3 rings (SSSR count). The number of thiophene rings is 1. The van der Waals surface area contributed by atoms with Crippen LogP contribution in [0, 0.1) is 11.8 Å². The molecule has 21 heavy (non-hydrogen) atoms. The fourth-order valence-electron chi connectivity index (χ4n) is 3.69. The first-order valence-electron chi connectivity index (χ1n) is 8.19. The summed E-state index contributed by atoms with van der Waals surface area (Å²) in [7, 11) is 0. The monoisotopic (exact) mass is 370 g/mol. The average molecular weight is 371 g/mol. The first kappa shape index (κ1) is 16.0. The summed E-state index contributed by atoms with van der Waals surface area (Å²) in [5, 5.41) is 6.03. The molecule has 2 aliphatic rings. The molecule has 118 valence electrons. The molecule has 1 aromatic heterocycles. The van der Waals surface area contributed by atoms with Gasteiger partial charge in [0.25, 0.3) is 0 Å². The Morgan fingerprint density at radius 3 is 2.81 bits per heavy atom. The molecule has 0 aromatic carbocycles. The van der Waals surface area contributed by atoms with Gasteiger partial charge in [0.05, 0.1) is 0 Å². The predicted octanol–water partition coefficient (Wildman–Crippen LogP) is 4.50. The molecule has 1 saturated carbocycles. The van der Waals surface area contributed by atoms with Crippen LogP contribution in [0.3, 0.4) is 0 Å². The second-order valence-corrected chi connectivity index (χ2v) is 9.27. The Labute approximate surface area is 141 Å². The molecule has 2 heterocycles. The van der Waals surface area contributed by atoms with E-state index >= 15 is 0 Å². The molecular weight excluding hydrogens is 344 g/mol. The van der Waals surface area contributed by atoms with Gasteiger partial charge in [-0.25, -0.2) is 0 Å². The summed E-state index contributed by atoms with van der Waals surface area (Å²) in [5.41, 5.74) is 0.344. The number of halogens is 1. The number of rotatable bonds is 5. The topological polar surface area (TPSA) is 15.3 Å². The van der Waals surface area contributed by atoms with Gasteiger partial charge in [0.1, 0.15) is 0 Å². The molecule has 2 fully saturated rings. The lowest BCUT2D eigenvalue weighted by molar-refractivity contribution is 0.0245. The van der Waals surface area contributed by atoms with E-state index in [-0.39, 0.29) is 0 Å². The largest absolute Gasteiger partial charge is 0.311 e. The highest BCUT2D eigenvalue weighted by Gasteiger charge is 2.48. The Balaban J connectivity index is 1.75. The maximum absolute atomic E-state index is 3.84. The fourth-order valence-corrected chi connectivity index (χ4v) is 5.19. The zero-order valence-electron chi connectivity index (χ0n) is 13.4. The first-order valence-corrected chi connectivity index (χ1v) is 9.86. The minimum absolute atomic E-state index is 0.344. The molecule has 1 saturated heterocycles. The van der Waals surface area contributed by atoms with Gasteiger partial charge >= 0.3 is 0 Å². The maximum Gasteiger partial charge on any atom is 0.0346 e. The first-order chi connectivity index (χ1) is 9.99. The molecule has 1 N–H and O–H groups in total. The van der Waals surface area contributed by atoms with Crippen molar-refractivity contribution in [3.05, 3.63) is 20.8 Å². The zero-order valence-corrected chi connectivity index (χ0v) is 15.8. The Bertz CT molecular complexity index is 483. The molecule has 4 heteroatoms. The third-order valence-corrected chi connectivity index (χ3v) is 7.06. The van der Waals surface area contributed by atoms with E-state index in [0.717, 1.165) is 24.9 Å². The minimum atomic E-state index is 0.344. The lowest BCUT2D eigenvalue weighted by Crippen LogP contribution is -2.64. The number of hydrogen-bond donors (Lipinski definition) is 1. The Morgan fingerprint density at radius 2 is 2.24 bits per heavy atom. The van der Waals surface area contributed by atoms with Crippen molar-refractivity contribution in [2.75, 3.05) is 13.1 Å². The summed E-state index contributed by atoms with van der Waals surface area (Å²) < 4.78 is 1.28. The van der Waals surface area contributed by atoms with E-state index in [4.69, 9.17) is 0 Å². The van der Waals surface area contributed by atoms with Gasteiger partial charge in [-0.3, -0.25) is 4.90 Å². The van der Waals surface area contributed by atoms with Crippen LogP contribution in [0.15, 0.2) is 15.9 Å².